The first-order valence-corrected chi connectivity index (χ1v) is 7.90. The standard InChI is InChI=1S/C18H15Cl2N3/c19-14-6-2-7-15(20)18(14)16-8-3-9-17(23-16)22-13-5-1-4-12(10-13)11-21/h1-10H,11,21H2,(H,22,23). The van der Waals surface area contributed by atoms with Gasteiger partial charge in [-0.25, -0.2) is 4.98 Å². The molecule has 0 aliphatic rings. The molecule has 23 heavy (non-hydrogen) atoms. The summed E-state index contributed by atoms with van der Waals surface area (Å²) in [5.41, 5.74) is 9.12. The third-order valence-electron chi connectivity index (χ3n) is 3.40. The van der Waals surface area contributed by atoms with Crippen molar-refractivity contribution in [2.24, 2.45) is 5.73 Å². The zero-order valence-electron chi connectivity index (χ0n) is 12.3. The second-order valence-electron chi connectivity index (χ2n) is 5.03. The number of rotatable bonds is 4. The van der Waals surface area contributed by atoms with E-state index in [-0.39, 0.29) is 0 Å². The van der Waals surface area contributed by atoms with Gasteiger partial charge in [0.2, 0.25) is 0 Å². The van der Waals surface area contributed by atoms with Gasteiger partial charge in [-0.3, -0.25) is 0 Å². The number of hydrogen-bond donors (Lipinski definition) is 2. The summed E-state index contributed by atoms with van der Waals surface area (Å²) in [5.74, 6) is 0.715. The van der Waals surface area contributed by atoms with E-state index in [1.54, 1.807) is 12.1 Å². The molecule has 3 aromatic rings. The Morgan fingerprint density at radius 3 is 2.35 bits per heavy atom. The highest BCUT2D eigenvalue weighted by Gasteiger charge is 2.10. The molecule has 5 heteroatoms. The molecule has 3 nitrogen and oxygen atoms in total. The maximum Gasteiger partial charge on any atom is 0.131 e. The molecule has 2 aromatic carbocycles. The smallest absolute Gasteiger partial charge is 0.131 e. The molecule has 0 spiro atoms. The van der Waals surface area contributed by atoms with Crippen molar-refractivity contribution >= 4 is 34.7 Å². The number of nitrogens with two attached hydrogens (primary N) is 1. The number of anilines is 2. The molecule has 0 fully saturated rings. The number of aromatic nitrogens is 1. The van der Waals surface area contributed by atoms with Gasteiger partial charge in [0.05, 0.1) is 15.7 Å². The molecular formula is C18H15Cl2N3. The number of hydrogen-bond acceptors (Lipinski definition) is 3. The Bertz CT molecular complexity index is 814. The Hall–Kier alpha value is -2.07. The van der Waals surface area contributed by atoms with E-state index in [1.807, 2.05) is 48.5 Å². The van der Waals surface area contributed by atoms with Crippen LogP contribution in [0.4, 0.5) is 11.5 Å². The van der Waals surface area contributed by atoms with Crippen molar-refractivity contribution in [3.05, 3.63) is 76.3 Å². The average Bonchev–Trinajstić information content (AvgIpc) is 2.55. The summed E-state index contributed by atoms with van der Waals surface area (Å²) in [6.45, 7) is 0.498. The van der Waals surface area contributed by atoms with E-state index < -0.39 is 0 Å². The van der Waals surface area contributed by atoms with Crippen LogP contribution < -0.4 is 11.1 Å². The molecule has 0 amide bonds. The number of halogens is 2. The first-order chi connectivity index (χ1) is 11.2. The first-order valence-electron chi connectivity index (χ1n) is 7.15. The molecule has 116 valence electrons. The van der Waals surface area contributed by atoms with Gasteiger partial charge in [-0.2, -0.15) is 0 Å². The summed E-state index contributed by atoms with van der Waals surface area (Å²) in [4.78, 5) is 4.60. The van der Waals surface area contributed by atoms with Crippen molar-refractivity contribution in [3.63, 3.8) is 0 Å². The van der Waals surface area contributed by atoms with Crippen molar-refractivity contribution in [1.29, 1.82) is 0 Å². The van der Waals surface area contributed by atoms with Gasteiger partial charge in [0, 0.05) is 17.8 Å². The first kappa shape index (κ1) is 15.8. The van der Waals surface area contributed by atoms with Crippen molar-refractivity contribution in [3.8, 4) is 11.3 Å². The lowest BCUT2D eigenvalue weighted by Crippen LogP contribution is -1.99. The summed E-state index contributed by atoms with van der Waals surface area (Å²) < 4.78 is 0. The minimum absolute atomic E-state index is 0.498. The van der Waals surface area contributed by atoms with Gasteiger partial charge >= 0.3 is 0 Å². The van der Waals surface area contributed by atoms with Gasteiger partial charge in [-0.05, 0) is 42.0 Å². The fraction of sp³-hybridized carbons (Fsp3) is 0.0556. The van der Waals surface area contributed by atoms with E-state index in [0.29, 0.717) is 22.4 Å². The molecule has 1 aromatic heterocycles. The third-order valence-corrected chi connectivity index (χ3v) is 4.03. The van der Waals surface area contributed by atoms with Gasteiger partial charge in [0.15, 0.2) is 0 Å². The molecule has 0 bridgehead atoms. The summed E-state index contributed by atoms with van der Waals surface area (Å²) in [5, 5.41) is 4.43. The molecule has 3 N–H and O–H groups in total. The second kappa shape index (κ2) is 7.01. The fourth-order valence-corrected chi connectivity index (χ4v) is 2.90. The fourth-order valence-electron chi connectivity index (χ4n) is 2.31. The van der Waals surface area contributed by atoms with E-state index in [0.717, 1.165) is 22.5 Å². The Labute approximate surface area is 145 Å². The van der Waals surface area contributed by atoms with Crippen LogP contribution >= 0.6 is 23.2 Å². The normalized spacial score (nSPS) is 10.6. The van der Waals surface area contributed by atoms with Crippen LogP contribution in [0.5, 0.6) is 0 Å². The number of nitrogens with zero attached hydrogens (tertiary/aromatic N) is 1. The lowest BCUT2D eigenvalue weighted by Gasteiger charge is -2.10. The summed E-state index contributed by atoms with van der Waals surface area (Å²) in [7, 11) is 0. The minimum Gasteiger partial charge on any atom is -0.340 e. The predicted octanol–water partition coefficient (Wildman–Crippen LogP) is 5.26. The number of pyridine rings is 1. The molecule has 1 heterocycles. The van der Waals surface area contributed by atoms with Gasteiger partial charge in [-0.1, -0.05) is 47.5 Å². The molecule has 0 aliphatic heterocycles. The zero-order chi connectivity index (χ0) is 16.2. The van der Waals surface area contributed by atoms with Crippen LogP contribution in [-0.4, -0.2) is 4.98 Å². The maximum absolute atomic E-state index is 6.26. The highest BCUT2D eigenvalue weighted by atomic mass is 35.5. The molecular weight excluding hydrogens is 329 g/mol. The van der Waals surface area contributed by atoms with Gasteiger partial charge < -0.3 is 11.1 Å². The topological polar surface area (TPSA) is 50.9 Å². The summed E-state index contributed by atoms with van der Waals surface area (Å²) in [6, 6.07) is 19.0. The third kappa shape index (κ3) is 3.64. The van der Waals surface area contributed by atoms with E-state index >= 15 is 0 Å². The summed E-state index contributed by atoms with van der Waals surface area (Å²) >= 11 is 12.5. The van der Waals surface area contributed by atoms with E-state index in [2.05, 4.69) is 10.3 Å². The van der Waals surface area contributed by atoms with Crippen LogP contribution in [0.2, 0.25) is 10.0 Å². The molecule has 0 radical (unpaired) electrons. The Morgan fingerprint density at radius 1 is 0.913 bits per heavy atom. The Balaban J connectivity index is 1.94. The quantitative estimate of drug-likeness (QED) is 0.679. The summed E-state index contributed by atoms with van der Waals surface area (Å²) in [6.07, 6.45) is 0. The zero-order valence-corrected chi connectivity index (χ0v) is 13.8. The number of nitrogens with one attached hydrogen (secondary N) is 1. The van der Waals surface area contributed by atoms with E-state index in [4.69, 9.17) is 28.9 Å². The van der Waals surface area contributed by atoms with Crippen LogP contribution in [-0.2, 0) is 6.54 Å². The Kier molecular flexibility index (Phi) is 4.82. The van der Waals surface area contributed by atoms with Crippen molar-refractivity contribution < 1.29 is 0 Å². The molecule has 0 unspecified atom stereocenters. The molecule has 3 rings (SSSR count). The van der Waals surface area contributed by atoms with Crippen LogP contribution in [0.3, 0.4) is 0 Å². The molecule has 0 atom stereocenters. The van der Waals surface area contributed by atoms with Crippen molar-refractivity contribution in [1.82, 2.24) is 4.98 Å². The Morgan fingerprint density at radius 2 is 1.61 bits per heavy atom. The van der Waals surface area contributed by atoms with Crippen LogP contribution in [0.1, 0.15) is 5.56 Å². The van der Waals surface area contributed by atoms with Gasteiger partial charge in [0.1, 0.15) is 5.82 Å². The predicted molar refractivity (Wildman–Crippen MR) is 97.3 cm³/mol. The highest BCUT2D eigenvalue weighted by Crippen LogP contribution is 2.34. The van der Waals surface area contributed by atoms with Crippen LogP contribution in [0.25, 0.3) is 11.3 Å². The molecule has 0 saturated carbocycles. The largest absolute Gasteiger partial charge is 0.340 e. The van der Waals surface area contributed by atoms with Crippen LogP contribution in [0, 0.1) is 0 Å². The van der Waals surface area contributed by atoms with E-state index in [9.17, 15) is 0 Å². The highest BCUT2D eigenvalue weighted by molar-refractivity contribution is 6.39. The lowest BCUT2D eigenvalue weighted by molar-refractivity contribution is 1.07. The van der Waals surface area contributed by atoms with Gasteiger partial charge in [0.25, 0.3) is 0 Å². The maximum atomic E-state index is 6.26. The van der Waals surface area contributed by atoms with Crippen LogP contribution in [0.15, 0.2) is 60.7 Å². The average molecular weight is 344 g/mol. The molecule has 0 saturated heterocycles. The van der Waals surface area contributed by atoms with E-state index in [1.165, 1.54) is 0 Å². The SMILES string of the molecule is NCc1cccc(Nc2cccc(-c3c(Cl)cccc3Cl)n2)c1. The van der Waals surface area contributed by atoms with Crippen molar-refractivity contribution in [2.45, 2.75) is 6.54 Å². The minimum atomic E-state index is 0.498. The molecule has 0 aliphatic carbocycles. The van der Waals surface area contributed by atoms with Crippen molar-refractivity contribution in [2.75, 3.05) is 5.32 Å². The van der Waals surface area contributed by atoms with Gasteiger partial charge in [-0.15, -0.1) is 0 Å². The second-order valence-corrected chi connectivity index (χ2v) is 5.85. The monoisotopic (exact) mass is 343 g/mol. The number of benzene rings is 2. The lowest BCUT2D eigenvalue weighted by atomic mass is 10.1.